The standard InChI is InChI=1S/C19H25F3N6O/c1-3-23-18(24-10-13-5-4-6-14(9-13)19(20,21)22)25-15-7-8-17-26-16(12-29-2)27-28(17)11-15/h4-6,9,15H,3,7-8,10-12H2,1-2H3,(H2,23,24,25). The predicted octanol–water partition coefficient (Wildman–Crippen LogP) is 2.51. The van der Waals surface area contributed by atoms with Crippen molar-refractivity contribution in [3.8, 4) is 0 Å². The van der Waals surface area contributed by atoms with Crippen molar-refractivity contribution in [1.29, 1.82) is 0 Å². The molecular weight excluding hydrogens is 385 g/mol. The van der Waals surface area contributed by atoms with Crippen LogP contribution >= 0.6 is 0 Å². The number of fused-ring (bicyclic) bond motifs is 1. The van der Waals surface area contributed by atoms with Gasteiger partial charge in [-0.25, -0.2) is 14.7 Å². The van der Waals surface area contributed by atoms with Crippen molar-refractivity contribution in [3.05, 3.63) is 47.0 Å². The van der Waals surface area contributed by atoms with Crippen molar-refractivity contribution >= 4 is 5.96 Å². The highest BCUT2D eigenvalue weighted by atomic mass is 19.4. The number of rotatable bonds is 6. The minimum atomic E-state index is -4.36. The fraction of sp³-hybridized carbons (Fsp3) is 0.526. The van der Waals surface area contributed by atoms with Gasteiger partial charge in [0.05, 0.1) is 18.7 Å². The van der Waals surface area contributed by atoms with Gasteiger partial charge in [0, 0.05) is 26.1 Å². The molecule has 0 bridgehead atoms. The van der Waals surface area contributed by atoms with E-state index >= 15 is 0 Å². The molecule has 0 amide bonds. The number of nitrogens with one attached hydrogen (secondary N) is 2. The monoisotopic (exact) mass is 410 g/mol. The molecule has 0 saturated heterocycles. The van der Waals surface area contributed by atoms with Gasteiger partial charge in [-0.15, -0.1) is 0 Å². The predicted molar refractivity (Wildman–Crippen MR) is 102 cm³/mol. The summed E-state index contributed by atoms with van der Waals surface area (Å²) < 4.78 is 45.6. The molecule has 0 saturated carbocycles. The summed E-state index contributed by atoms with van der Waals surface area (Å²) in [5.41, 5.74) is -0.163. The molecule has 1 aromatic heterocycles. The van der Waals surface area contributed by atoms with Crippen LogP contribution in [0.5, 0.6) is 0 Å². The maximum Gasteiger partial charge on any atom is 0.416 e. The van der Waals surface area contributed by atoms with Gasteiger partial charge in [0.1, 0.15) is 12.4 Å². The van der Waals surface area contributed by atoms with Gasteiger partial charge in [-0.3, -0.25) is 0 Å². The van der Waals surface area contributed by atoms with Crippen LogP contribution in [0.4, 0.5) is 13.2 Å². The van der Waals surface area contributed by atoms with E-state index in [0.29, 0.717) is 37.0 Å². The number of alkyl halides is 3. The molecule has 1 aromatic carbocycles. The fourth-order valence-corrected chi connectivity index (χ4v) is 3.20. The highest BCUT2D eigenvalue weighted by molar-refractivity contribution is 5.80. The second kappa shape index (κ2) is 9.25. The molecule has 1 aliphatic heterocycles. The number of hydrogen-bond acceptors (Lipinski definition) is 4. The smallest absolute Gasteiger partial charge is 0.377 e. The number of methoxy groups -OCH3 is 1. The Labute approximate surface area is 167 Å². The van der Waals surface area contributed by atoms with Gasteiger partial charge >= 0.3 is 6.18 Å². The summed E-state index contributed by atoms with van der Waals surface area (Å²) in [7, 11) is 1.61. The second-order valence-corrected chi connectivity index (χ2v) is 6.83. The number of aliphatic imine (C=N–C) groups is 1. The summed E-state index contributed by atoms with van der Waals surface area (Å²) in [6.07, 6.45) is -2.72. The summed E-state index contributed by atoms with van der Waals surface area (Å²) in [6, 6.07) is 5.33. The Bertz CT molecular complexity index is 849. The Kier molecular flexibility index (Phi) is 6.73. The highest BCUT2D eigenvalue weighted by Gasteiger charge is 2.30. The van der Waals surface area contributed by atoms with Crippen LogP contribution in [0.15, 0.2) is 29.3 Å². The molecule has 7 nitrogen and oxygen atoms in total. The molecule has 0 fully saturated rings. The Balaban J connectivity index is 1.65. The van der Waals surface area contributed by atoms with Crippen molar-refractivity contribution in [3.63, 3.8) is 0 Å². The van der Waals surface area contributed by atoms with Crippen molar-refractivity contribution in [2.75, 3.05) is 13.7 Å². The summed E-state index contributed by atoms with van der Waals surface area (Å²) in [6.45, 7) is 3.75. The van der Waals surface area contributed by atoms with Crippen molar-refractivity contribution < 1.29 is 17.9 Å². The number of nitrogens with zero attached hydrogens (tertiary/aromatic N) is 4. The zero-order chi connectivity index (χ0) is 20.9. The van der Waals surface area contributed by atoms with Crippen LogP contribution in [0.25, 0.3) is 0 Å². The molecular formula is C19H25F3N6O. The first-order valence-electron chi connectivity index (χ1n) is 9.51. The first-order chi connectivity index (χ1) is 13.9. The van der Waals surface area contributed by atoms with E-state index in [9.17, 15) is 13.2 Å². The number of aryl methyl sites for hydroxylation is 1. The summed E-state index contributed by atoms with van der Waals surface area (Å²) >= 11 is 0. The summed E-state index contributed by atoms with van der Waals surface area (Å²) in [5, 5.41) is 10.9. The molecule has 10 heteroatoms. The van der Waals surface area contributed by atoms with E-state index in [1.165, 1.54) is 6.07 Å². The number of halogens is 3. The normalized spacial score (nSPS) is 17.1. The summed E-state index contributed by atoms with van der Waals surface area (Å²) in [4.78, 5) is 8.91. The Morgan fingerprint density at radius 3 is 2.93 bits per heavy atom. The van der Waals surface area contributed by atoms with Crippen molar-refractivity contribution in [2.24, 2.45) is 4.99 Å². The third-order valence-corrected chi connectivity index (χ3v) is 4.53. The molecule has 158 valence electrons. The van der Waals surface area contributed by atoms with Crippen LogP contribution in [0.3, 0.4) is 0 Å². The van der Waals surface area contributed by atoms with Crippen LogP contribution in [0.1, 0.15) is 36.1 Å². The number of ether oxygens (including phenoxy) is 1. The minimum Gasteiger partial charge on any atom is -0.377 e. The minimum absolute atomic E-state index is 0.0962. The Morgan fingerprint density at radius 2 is 2.21 bits per heavy atom. The quantitative estimate of drug-likeness (QED) is 0.565. The average Bonchev–Trinajstić information content (AvgIpc) is 3.08. The second-order valence-electron chi connectivity index (χ2n) is 6.83. The van der Waals surface area contributed by atoms with Gasteiger partial charge in [-0.2, -0.15) is 18.3 Å². The van der Waals surface area contributed by atoms with Gasteiger partial charge in [-0.1, -0.05) is 12.1 Å². The lowest BCUT2D eigenvalue weighted by molar-refractivity contribution is -0.137. The molecule has 0 radical (unpaired) electrons. The van der Waals surface area contributed by atoms with Gasteiger partial charge in [0.25, 0.3) is 0 Å². The largest absolute Gasteiger partial charge is 0.416 e. The zero-order valence-corrected chi connectivity index (χ0v) is 16.5. The first-order valence-corrected chi connectivity index (χ1v) is 9.51. The Morgan fingerprint density at radius 1 is 1.38 bits per heavy atom. The van der Waals surface area contributed by atoms with Gasteiger partial charge < -0.3 is 15.4 Å². The van der Waals surface area contributed by atoms with Crippen molar-refractivity contribution in [2.45, 2.75) is 51.7 Å². The van der Waals surface area contributed by atoms with Crippen LogP contribution in [-0.2, 0) is 37.0 Å². The van der Waals surface area contributed by atoms with Gasteiger partial charge in [0.15, 0.2) is 11.8 Å². The Hall–Kier alpha value is -2.62. The fourth-order valence-electron chi connectivity index (χ4n) is 3.20. The number of hydrogen-bond donors (Lipinski definition) is 2. The van der Waals surface area contributed by atoms with E-state index in [-0.39, 0.29) is 12.6 Å². The lowest BCUT2D eigenvalue weighted by Gasteiger charge is -2.25. The van der Waals surface area contributed by atoms with Crippen molar-refractivity contribution in [1.82, 2.24) is 25.4 Å². The van der Waals surface area contributed by atoms with E-state index in [0.717, 1.165) is 30.8 Å². The molecule has 2 N–H and O–H groups in total. The van der Waals surface area contributed by atoms with Crippen LogP contribution in [-0.4, -0.2) is 40.4 Å². The van der Waals surface area contributed by atoms with Crippen LogP contribution < -0.4 is 10.6 Å². The summed E-state index contributed by atoms with van der Waals surface area (Å²) in [5.74, 6) is 2.16. The molecule has 3 rings (SSSR count). The molecule has 1 aliphatic rings. The van der Waals surface area contributed by atoms with Gasteiger partial charge in [-0.05, 0) is 31.0 Å². The first kappa shape index (κ1) is 21.1. The third kappa shape index (κ3) is 5.69. The lowest BCUT2D eigenvalue weighted by Crippen LogP contribution is -2.47. The molecule has 29 heavy (non-hydrogen) atoms. The van der Waals surface area contributed by atoms with Gasteiger partial charge in [0.2, 0.25) is 0 Å². The molecule has 1 atom stereocenters. The molecule has 1 unspecified atom stereocenters. The molecule has 2 heterocycles. The SMILES string of the molecule is CCNC(=NCc1cccc(C(F)(F)F)c1)NC1CCc2nc(COC)nn2C1. The third-order valence-electron chi connectivity index (χ3n) is 4.53. The van der Waals surface area contributed by atoms with E-state index in [2.05, 4.69) is 25.7 Å². The van der Waals surface area contributed by atoms with Crippen LogP contribution in [0.2, 0.25) is 0 Å². The molecule has 0 spiro atoms. The van der Waals surface area contributed by atoms with E-state index in [1.54, 1.807) is 13.2 Å². The number of benzene rings is 1. The van der Waals surface area contributed by atoms with Crippen LogP contribution in [0, 0.1) is 0 Å². The zero-order valence-electron chi connectivity index (χ0n) is 16.5. The highest BCUT2D eigenvalue weighted by Crippen LogP contribution is 2.29. The van der Waals surface area contributed by atoms with E-state index in [4.69, 9.17) is 4.74 Å². The number of aromatic nitrogens is 3. The average molecular weight is 410 g/mol. The number of guanidine groups is 1. The topological polar surface area (TPSA) is 76.4 Å². The van der Waals surface area contributed by atoms with E-state index < -0.39 is 11.7 Å². The molecule has 2 aromatic rings. The maximum absolute atomic E-state index is 12.9. The lowest BCUT2D eigenvalue weighted by atomic mass is 10.1. The van der Waals surface area contributed by atoms with E-state index in [1.807, 2.05) is 11.6 Å². The maximum atomic E-state index is 12.9. The molecule has 0 aliphatic carbocycles.